The minimum atomic E-state index is -4.32. The Morgan fingerprint density at radius 2 is 1.52 bits per heavy atom. The van der Waals surface area contributed by atoms with E-state index in [1.54, 1.807) is 4.90 Å². The summed E-state index contributed by atoms with van der Waals surface area (Å²) >= 11 is 0. The van der Waals surface area contributed by atoms with Crippen LogP contribution in [-0.4, -0.2) is 67.1 Å². The van der Waals surface area contributed by atoms with Gasteiger partial charge in [-0.05, 0) is 5.92 Å². The number of rotatable bonds is 5. The third-order valence-corrected chi connectivity index (χ3v) is 3.17. The van der Waals surface area contributed by atoms with Crippen LogP contribution >= 0.6 is 0 Å². The molecule has 0 spiro atoms. The van der Waals surface area contributed by atoms with Crippen LogP contribution in [0.15, 0.2) is 0 Å². The van der Waals surface area contributed by atoms with Crippen molar-refractivity contribution in [2.75, 3.05) is 39.3 Å². The van der Waals surface area contributed by atoms with Crippen LogP contribution in [0.1, 0.15) is 20.3 Å². The molecular formula is C13H22F3N3O2. The van der Waals surface area contributed by atoms with Crippen LogP contribution in [0.4, 0.5) is 13.2 Å². The van der Waals surface area contributed by atoms with E-state index in [1.165, 1.54) is 4.90 Å². The van der Waals surface area contributed by atoms with Gasteiger partial charge in [-0.2, -0.15) is 13.2 Å². The van der Waals surface area contributed by atoms with Crippen LogP contribution < -0.4 is 5.32 Å². The van der Waals surface area contributed by atoms with Gasteiger partial charge in [0.05, 0.1) is 13.1 Å². The van der Waals surface area contributed by atoms with E-state index in [0.29, 0.717) is 32.6 Å². The number of piperazine rings is 1. The highest BCUT2D eigenvalue weighted by Crippen LogP contribution is 2.12. The van der Waals surface area contributed by atoms with Gasteiger partial charge in [-0.25, -0.2) is 0 Å². The van der Waals surface area contributed by atoms with E-state index in [-0.39, 0.29) is 24.3 Å². The number of nitrogens with one attached hydrogen (secondary N) is 1. The number of hydrogen-bond donors (Lipinski definition) is 1. The first kappa shape index (κ1) is 17.7. The maximum atomic E-state index is 12.0. The zero-order chi connectivity index (χ0) is 16.0. The van der Waals surface area contributed by atoms with Crippen molar-refractivity contribution in [3.05, 3.63) is 0 Å². The molecule has 1 heterocycles. The van der Waals surface area contributed by atoms with Crippen molar-refractivity contribution < 1.29 is 22.8 Å². The van der Waals surface area contributed by atoms with Crippen molar-refractivity contribution in [3.63, 3.8) is 0 Å². The lowest BCUT2D eigenvalue weighted by atomic mass is 10.1. The molecule has 1 saturated heterocycles. The Balaban J connectivity index is 2.29. The summed E-state index contributed by atoms with van der Waals surface area (Å²) in [5.41, 5.74) is 0. The number of carbonyl (C=O) groups is 2. The Kier molecular flexibility index (Phi) is 6.44. The van der Waals surface area contributed by atoms with Gasteiger partial charge >= 0.3 is 6.18 Å². The summed E-state index contributed by atoms with van der Waals surface area (Å²) in [6, 6.07) is 0. The van der Waals surface area contributed by atoms with Gasteiger partial charge < -0.3 is 15.1 Å². The van der Waals surface area contributed by atoms with Crippen molar-refractivity contribution >= 4 is 11.8 Å². The molecule has 8 heteroatoms. The summed E-state index contributed by atoms with van der Waals surface area (Å²) in [5.74, 6) is -0.0220. The minimum Gasteiger partial charge on any atom is -0.339 e. The van der Waals surface area contributed by atoms with Gasteiger partial charge in [0.2, 0.25) is 11.8 Å². The Hall–Kier alpha value is -1.31. The quantitative estimate of drug-likeness (QED) is 0.819. The lowest BCUT2D eigenvalue weighted by molar-refractivity contribution is -0.141. The van der Waals surface area contributed by atoms with Crippen molar-refractivity contribution in [3.8, 4) is 0 Å². The van der Waals surface area contributed by atoms with Crippen molar-refractivity contribution in [2.45, 2.75) is 26.4 Å². The van der Waals surface area contributed by atoms with Gasteiger partial charge in [0.15, 0.2) is 0 Å². The zero-order valence-corrected chi connectivity index (χ0v) is 12.4. The topological polar surface area (TPSA) is 52.7 Å². The molecule has 1 aliphatic rings. The van der Waals surface area contributed by atoms with Crippen LogP contribution in [0, 0.1) is 5.92 Å². The van der Waals surface area contributed by atoms with Gasteiger partial charge in [0, 0.05) is 32.6 Å². The average Bonchev–Trinajstić information content (AvgIpc) is 2.36. The summed E-state index contributed by atoms with van der Waals surface area (Å²) in [6.45, 7) is 4.04. The smallest absolute Gasteiger partial charge is 0.339 e. The van der Waals surface area contributed by atoms with E-state index in [9.17, 15) is 22.8 Å². The van der Waals surface area contributed by atoms with Crippen LogP contribution in [0.2, 0.25) is 0 Å². The molecule has 0 saturated carbocycles. The van der Waals surface area contributed by atoms with Gasteiger partial charge in [0.1, 0.15) is 0 Å². The summed E-state index contributed by atoms with van der Waals surface area (Å²) < 4.78 is 35.9. The summed E-state index contributed by atoms with van der Waals surface area (Å²) in [4.78, 5) is 26.8. The number of amides is 2. The Morgan fingerprint density at radius 1 is 1.05 bits per heavy atom. The molecule has 0 radical (unpaired) electrons. The van der Waals surface area contributed by atoms with Gasteiger partial charge in [-0.3, -0.25) is 9.59 Å². The molecule has 0 aliphatic carbocycles. The normalized spacial score (nSPS) is 16.5. The van der Waals surface area contributed by atoms with E-state index in [1.807, 2.05) is 13.8 Å². The fourth-order valence-corrected chi connectivity index (χ4v) is 2.11. The predicted molar refractivity (Wildman–Crippen MR) is 71.5 cm³/mol. The second-order valence-corrected chi connectivity index (χ2v) is 5.58. The number of nitrogens with zero attached hydrogens (tertiary/aromatic N) is 2. The molecule has 1 aliphatic heterocycles. The number of alkyl halides is 3. The van der Waals surface area contributed by atoms with E-state index < -0.39 is 12.7 Å². The summed E-state index contributed by atoms with van der Waals surface area (Å²) in [5, 5.41) is 2.09. The molecule has 0 bridgehead atoms. The second-order valence-electron chi connectivity index (χ2n) is 5.58. The highest BCUT2D eigenvalue weighted by atomic mass is 19.4. The maximum absolute atomic E-state index is 12.0. The van der Waals surface area contributed by atoms with Crippen LogP contribution in [0.3, 0.4) is 0 Å². The largest absolute Gasteiger partial charge is 0.401 e. The monoisotopic (exact) mass is 309 g/mol. The van der Waals surface area contributed by atoms with E-state index >= 15 is 0 Å². The minimum absolute atomic E-state index is 0.0623. The third kappa shape index (κ3) is 6.79. The molecule has 122 valence electrons. The van der Waals surface area contributed by atoms with Gasteiger partial charge in [-0.1, -0.05) is 13.8 Å². The molecule has 1 rings (SSSR count). The van der Waals surface area contributed by atoms with Crippen LogP contribution in [0.5, 0.6) is 0 Å². The molecule has 0 unspecified atom stereocenters. The molecule has 5 nitrogen and oxygen atoms in total. The molecule has 1 N–H and O–H groups in total. The predicted octanol–water partition coefficient (Wildman–Crippen LogP) is 0.855. The molecule has 21 heavy (non-hydrogen) atoms. The molecule has 1 fully saturated rings. The molecular weight excluding hydrogens is 287 g/mol. The second kappa shape index (κ2) is 7.63. The Bertz CT molecular complexity index is 364. The fraction of sp³-hybridized carbons (Fsp3) is 0.846. The first-order valence-electron chi connectivity index (χ1n) is 7.02. The highest BCUT2D eigenvalue weighted by Gasteiger charge is 2.28. The van der Waals surface area contributed by atoms with Crippen LogP contribution in [-0.2, 0) is 9.59 Å². The van der Waals surface area contributed by atoms with Gasteiger partial charge in [-0.15, -0.1) is 0 Å². The standard InChI is InChI=1S/C13H22F3N3O2/c1-10(2)7-11(20)18-3-5-19(6-4-18)12(21)8-17-9-13(14,15)16/h10,17H,3-9H2,1-2H3. The molecule has 0 aromatic rings. The van der Waals surface area contributed by atoms with Crippen molar-refractivity contribution in [2.24, 2.45) is 5.92 Å². The Labute approximate surface area is 122 Å². The van der Waals surface area contributed by atoms with Gasteiger partial charge in [0.25, 0.3) is 0 Å². The third-order valence-electron chi connectivity index (χ3n) is 3.17. The van der Waals surface area contributed by atoms with Crippen LogP contribution in [0.25, 0.3) is 0 Å². The Morgan fingerprint density at radius 3 is 1.95 bits per heavy atom. The first-order chi connectivity index (χ1) is 9.69. The molecule has 0 atom stereocenters. The van der Waals surface area contributed by atoms with Crippen molar-refractivity contribution in [1.82, 2.24) is 15.1 Å². The van der Waals surface area contributed by atoms with E-state index in [2.05, 4.69) is 5.32 Å². The fourth-order valence-electron chi connectivity index (χ4n) is 2.11. The zero-order valence-electron chi connectivity index (χ0n) is 12.4. The maximum Gasteiger partial charge on any atom is 0.401 e. The highest BCUT2D eigenvalue weighted by molar-refractivity contribution is 5.79. The number of halogens is 3. The number of hydrogen-bond acceptors (Lipinski definition) is 3. The average molecular weight is 309 g/mol. The summed E-state index contributed by atoms with van der Waals surface area (Å²) in [6.07, 6.45) is -3.84. The summed E-state index contributed by atoms with van der Waals surface area (Å²) in [7, 11) is 0. The molecule has 0 aromatic heterocycles. The first-order valence-corrected chi connectivity index (χ1v) is 7.02. The molecule has 0 aromatic carbocycles. The lowest BCUT2D eigenvalue weighted by Crippen LogP contribution is -2.52. The van der Waals surface area contributed by atoms with E-state index in [4.69, 9.17) is 0 Å². The molecule has 2 amide bonds. The lowest BCUT2D eigenvalue weighted by Gasteiger charge is -2.35. The SMILES string of the molecule is CC(C)CC(=O)N1CCN(C(=O)CNCC(F)(F)F)CC1. The van der Waals surface area contributed by atoms with E-state index in [0.717, 1.165) is 0 Å². The van der Waals surface area contributed by atoms with Crippen molar-refractivity contribution in [1.29, 1.82) is 0 Å². The number of carbonyl (C=O) groups excluding carboxylic acids is 2.